The number of ether oxygens (including phenoxy) is 2. The number of benzene rings is 2. The Balaban J connectivity index is 1.42. The lowest BCUT2D eigenvalue weighted by Crippen LogP contribution is -2.23. The summed E-state index contributed by atoms with van der Waals surface area (Å²) in [6.07, 6.45) is 2.72. The van der Waals surface area contributed by atoms with E-state index in [1.54, 1.807) is 0 Å². The van der Waals surface area contributed by atoms with Crippen LogP contribution in [0.4, 0.5) is 0 Å². The summed E-state index contributed by atoms with van der Waals surface area (Å²) >= 11 is 0. The molecule has 150 valence electrons. The average molecular weight is 390 g/mol. The summed E-state index contributed by atoms with van der Waals surface area (Å²) in [6, 6.07) is 18.2. The van der Waals surface area contributed by atoms with Crippen LogP contribution in [0.5, 0.6) is 11.8 Å². The topological polar surface area (TPSA) is 53.4 Å². The van der Waals surface area contributed by atoms with E-state index in [1.807, 2.05) is 53.2 Å². The van der Waals surface area contributed by atoms with E-state index in [0.29, 0.717) is 24.7 Å². The molecule has 4 rings (SSSR count). The van der Waals surface area contributed by atoms with Gasteiger partial charge in [0.2, 0.25) is 0 Å². The molecule has 0 aliphatic carbocycles. The van der Waals surface area contributed by atoms with E-state index >= 15 is 0 Å². The van der Waals surface area contributed by atoms with Gasteiger partial charge in [0, 0.05) is 6.20 Å². The van der Waals surface area contributed by atoms with Gasteiger partial charge in [-0.1, -0.05) is 63.2 Å². The predicted octanol–water partition coefficient (Wildman–Crippen LogP) is 4.44. The van der Waals surface area contributed by atoms with Crippen molar-refractivity contribution < 1.29 is 9.47 Å². The van der Waals surface area contributed by atoms with E-state index in [1.165, 1.54) is 5.56 Å². The number of fused-ring (bicyclic) bond motifs is 1. The molecule has 0 spiro atoms. The standard InChI is InChI=1S/C24H26N2O3/c1-4-24(2,3)18-10-12-19(13-11-18)28-16-20-14-26-15-21(17-8-6-5-7-9-17)22(27)25-23(26)29-20/h5-13,15,20H,4,14,16H2,1-3H3. The molecule has 5 heteroatoms. The molecule has 0 saturated carbocycles. The SMILES string of the molecule is CCC(C)(C)c1ccc(OCC2Cn3cc(-c4ccccc4)c(=O)nc3O2)cc1. The summed E-state index contributed by atoms with van der Waals surface area (Å²) in [5, 5.41) is 0. The zero-order chi connectivity index (χ0) is 20.4. The van der Waals surface area contributed by atoms with Crippen molar-refractivity contribution in [2.45, 2.75) is 45.3 Å². The molecule has 1 aromatic heterocycles. The third kappa shape index (κ3) is 4.04. The van der Waals surface area contributed by atoms with Crippen molar-refractivity contribution in [2.24, 2.45) is 0 Å². The van der Waals surface area contributed by atoms with E-state index < -0.39 is 0 Å². The monoisotopic (exact) mass is 390 g/mol. The van der Waals surface area contributed by atoms with E-state index in [0.717, 1.165) is 17.7 Å². The van der Waals surface area contributed by atoms with E-state index in [9.17, 15) is 4.79 Å². The van der Waals surface area contributed by atoms with E-state index in [2.05, 4.69) is 37.9 Å². The molecule has 0 bridgehead atoms. The van der Waals surface area contributed by atoms with Crippen LogP contribution >= 0.6 is 0 Å². The van der Waals surface area contributed by atoms with Crippen LogP contribution in [-0.4, -0.2) is 22.3 Å². The van der Waals surface area contributed by atoms with Crippen LogP contribution in [0, 0.1) is 0 Å². The molecule has 5 nitrogen and oxygen atoms in total. The number of rotatable bonds is 6. The summed E-state index contributed by atoms with van der Waals surface area (Å²) in [7, 11) is 0. The first-order valence-electron chi connectivity index (χ1n) is 10.0. The predicted molar refractivity (Wildman–Crippen MR) is 114 cm³/mol. The first kappa shape index (κ1) is 19.2. The fourth-order valence-corrected chi connectivity index (χ4v) is 3.41. The maximum atomic E-state index is 12.4. The Morgan fingerprint density at radius 3 is 2.55 bits per heavy atom. The maximum Gasteiger partial charge on any atom is 0.300 e. The highest BCUT2D eigenvalue weighted by atomic mass is 16.6. The minimum atomic E-state index is -0.279. The Morgan fingerprint density at radius 2 is 1.86 bits per heavy atom. The van der Waals surface area contributed by atoms with Gasteiger partial charge >= 0.3 is 0 Å². The molecule has 3 aromatic rings. The van der Waals surface area contributed by atoms with Crippen molar-refractivity contribution in [3.8, 4) is 22.9 Å². The van der Waals surface area contributed by atoms with E-state index in [4.69, 9.17) is 9.47 Å². The molecular formula is C24H26N2O3. The summed E-state index contributed by atoms with van der Waals surface area (Å²) in [5.41, 5.74) is 2.61. The highest BCUT2D eigenvalue weighted by Gasteiger charge is 2.25. The van der Waals surface area contributed by atoms with Gasteiger partial charge in [-0.3, -0.25) is 9.36 Å². The Bertz CT molecular complexity index is 1040. The van der Waals surface area contributed by atoms with Gasteiger partial charge in [-0.15, -0.1) is 0 Å². The fourth-order valence-electron chi connectivity index (χ4n) is 3.41. The third-order valence-electron chi connectivity index (χ3n) is 5.67. The van der Waals surface area contributed by atoms with Gasteiger partial charge in [0.15, 0.2) is 6.10 Å². The minimum Gasteiger partial charge on any atom is -0.490 e. The largest absolute Gasteiger partial charge is 0.490 e. The molecule has 2 heterocycles. The molecular weight excluding hydrogens is 364 g/mol. The Labute approximate surface area is 170 Å². The maximum absolute atomic E-state index is 12.4. The second-order valence-corrected chi connectivity index (χ2v) is 8.07. The van der Waals surface area contributed by atoms with Crippen LogP contribution in [0.15, 0.2) is 65.6 Å². The van der Waals surface area contributed by atoms with Crippen molar-refractivity contribution >= 4 is 0 Å². The lowest BCUT2D eigenvalue weighted by molar-refractivity contribution is 0.143. The molecule has 2 aromatic carbocycles. The van der Waals surface area contributed by atoms with Gasteiger partial charge in [-0.25, -0.2) is 0 Å². The van der Waals surface area contributed by atoms with Gasteiger partial charge in [0.25, 0.3) is 11.6 Å². The Kier molecular flexibility index (Phi) is 5.14. The van der Waals surface area contributed by atoms with Crippen molar-refractivity contribution in [1.82, 2.24) is 9.55 Å². The number of hydrogen-bond acceptors (Lipinski definition) is 4. The average Bonchev–Trinajstić information content (AvgIpc) is 3.14. The van der Waals surface area contributed by atoms with Gasteiger partial charge < -0.3 is 9.47 Å². The van der Waals surface area contributed by atoms with Crippen molar-refractivity contribution in [3.63, 3.8) is 0 Å². The minimum absolute atomic E-state index is 0.156. The lowest BCUT2D eigenvalue weighted by atomic mass is 9.82. The van der Waals surface area contributed by atoms with Gasteiger partial charge in [-0.2, -0.15) is 4.98 Å². The molecule has 1 unspecified atom stereocenters. The second-order valence-electron chi connectivity index (χ2n) is 8.07. The normalized spacial score (nSPS) is 15.6. The zero-order valence-electron chi connectivity index (χ0n) is 17.1. The molecule has 0 fully saturated rings. The molecule has 1 atom stereocenters. The lowest BCUT2D eigenvalue weighted by Gasteiger charge is -2.23. The quantitative estimate of drug-likeness (QED) is 0.624. The Hall–Kier alpha value is -3.08. The second kappa shape index (κ2) is 7.74. The number of nitrogens with zero attached hydrogens (tertiary/aromatic N) is 2. The smallest absolute Gasteiger partial charge is 0.300 e. The molecule has 29 heavy (non-hydrogen) atoms. The third-order valence-corrected chi connectivity index (χ3v) is 5.67. The summed E-state index contributed by atoms with van der Waals surface area (Å²) < 4.78 is 13.6. The molecule has 0 saturated heterocycles. The zero-order valence-corrected chi connectivity index (χ0v) is 17.1. The van der Waals surface area contributed by atoms with Gasteiger partial charge in [0.1, 0.15) is 12.4 Å². The van der Waals surface area contributed by atoms with Gasteiger partial charge in [-0.05, 0) is 35.1 Å². The van der Waals surface area contributed by atoms with Crippen LogP contribution in [0.2, 0.25) is 0 Å². The molecule has 1 aliphatic rings. The van der Waals surface area contributed by atoms with E-state index in [-0.39, 0.29) is 17.1 Å². The van der Waals surface area contributed by atoms with Crippen LogP contribution in [-0.2, 0) is 12.0 Å². The fraction of sp³-hybridized carbons (Fsp3) is 0.333. The molecule has 0 amide bonds. The van der Waals surface area contributed by atoms with Crippen LogP contribution in [0.3, 0.4) is 0 Å². The van der Waals surface area contributed by atoms with Crippen LogP contribution in [0.25, 0.3) is 11.1 Å². The molecule has 0 radical (unpaired) electrons. The number of aromatic nitrogens is 2. The van der Waals surface area contributed by atoms with Crippen molar-refractivity contribution in [1.29, 1.82) is 0 Å². The number of hydrogen-bond donors (Lipinski definition) is 0. The molecule has 0 N–H and O–H groups in total. The summed E-state index contributed by atoms with van der Waals surface area (Å²) in [5.74, 6) is 0.813. The Morgan fingerprint density at radius 1 is 1.14 bits per heavy atom. The first-order chi connectivity index (χ1) is 14.0. The molecule has 1 aliphatic heterocycles. The highest BCUT2D eigenvalue weighted by molar-refractivity contribution is 5.61. The summed E-state index contributed by atoms with van der Waals surface area (Å²) in [6.45, 7) is 7.68. The van der Waals surface area contributed by atoms with Crippen LogP contribution in [0.1, 0.15) is 32.8 Å². The van der Waals surface area contributed by atoms with Crippen molar-refractivity contribution in [3.05, 3.63) is 76.7 Å². The first-order valence-corrected chi connectivity index (χ1v) is 10.0. The highest BCUT2D eigenvalue weighted by Crippen LogP contribution is 2.28. The summed E-state index contributed by atoms with van der Waals surface area (Å²) in [4.78, 5) is 16.5. The van der Waals surface area contributed by atoms with Gasteiger partial charge in [0.05, 0.1) is 12.1 Å². The van der Waals surface area contributed by atoms with Crippen molar-refractivity contribution in [2.75, 3.05) is 6.61 Å². The van der Waals surface area contributed by atoms with Crippen LogP contribution < -0.4 is 15.0 Å².